The van der Waals surface area contributed by atoms with Crippen LogP contribution in [-0.2, 0) is 16.1 Å². The summed E-state index contributed by atoms with van der Waals surface area (Å²) < 4.78 is 10.9. The Bertz CT molecular complexity index is 623. The third kappa shape index (κ3) is 7.31. The van der Waals surface area contributed by atoms with Crippen molar-refractivity contribution in [1.29, 1.82) is 0 Å². The van der Waals surface area contributed by atoms with Crippen LogP contribution < -0.4 is 20.1 Å². The Morgan fingerprint density at radius 1 is 1.19 bits per heavy atom. The lowest BCUT2D eigenvalue weighted by Crippen LogP contribution is -2.43. The number of hydrogen-bond acceptors (Lipinski definition) is 5. The molecule has 0 spiro atoms. The molecule has 0 aliphatic carbocycles. The van der Waals surface area contributed by atoms with Crippen molar-refractivity contribution < 1.29 is 24.2 Å². The maximum atomic E-state index is 11.9. The van der Waals surface area contributed by atoms with Crippen LogP contribution in [0.15, 0.2) is 18.2 Å². The highest BCUT2D eigenvalue weighted by Crippen LogP contribution is 2.28. The van der Waals surface area contributed by atoms with E-state index < -0.39 is 12.0 Å². The molecule has 1 unspecified atom stereocenters. The van der Waals surface area contributed by atoms with E-state index in [0.29, 0.717) is 18.0 Å². The van der Waals surface area contributed by atoms with Gasteiger partial charge in [-0.15, -0.1) is 0 Å². The van der Waals surface area contributed by atoms with E-state index in [1.54, 1.807) is 12.1 Å². The van der Waals surface area contributed by atoms with E-state index in [1.807, 2.05) is 40.7 Å². The number of carbonyl (C=O) groups is 2. The summed E-state index contributed by atoms with van der Waals surface area (Å²) in [6, 6.07) is 4.67. The van der Waals surface area contributed by atoms with Gasteiger partial charge in [0.2, 0.25) is 0 Å². The van der Waals surface area contributed by atoms with Gasteiger partial charge in [-0.3, -0.25) is 9.59 Å². The van der Waals surface area contributed by atoms with Crippen molar-refractivity contribution in [2.75, 3.05) is 13.7 Å². The SMILES string of the molecule is COc1cc(CNC(C(=O)O)C(C)C)ccc1OCC(=O)NC(C)(C)C. The van der Waals surface area contributed by atoms with Gasteiger partial charge in [-0.25, -0.2) is 0 Å². The van der Waals surface area contributed by atoms with Crippen LogP contribution in [0.5, 0.6) is 11.5 Å². The highest BCUT2D eigenvalue weighted by molar-refractivity contribution is 5.78. The highest BCUT2D eigenvalue weighted by Gasteiger charge is 2.20. The summed E-state index contributed by atoms with van der Waals surface area (Å²) in [5.41, 5.74) is 0.539. The van der Waals surface area contributed by atoms with E-state index >= 15 is 0 Å². The predicted molar refractivity (Wildman–Crippen MR) is 99.5 cm³/mol. The number of amides is 1. The molecule has 0 radical (unpaired) electrons. The number of aliphatic carboxylic acids is 1. The lowest BCUT2D eigenvalue weighted by atomic mass is 10.0. The fourth-order valence-corrected chi connectivity index (χ4v) is 2.37. The number of carbonyl (C=O) groups excluding carboxylic acids is 1. The van der Waals surface area contributed by atoms with Crippen LogP contribution in [0.3, 0.4) is 0 Å². The molecule has 1 rings (SSSR count). The molecule has 0 aliphatic rings. The molecule has 7 heteroatoms. The van der Waals surface area contributed by atoms with Gasteiger partial charge in [-0.05, 0) is 44.4 Å². The molecule has 26 heavy (non-hydrogen) atoms. The van der Waals surface area contributed by atoms with Gasteiger partial charge in [0.05, 0.1) is 7.11 Å². The average Bonchev–Trinajstić information content (AvgIpc) is 2.51. The third-order valence-electron chi connectivity index (χ3n) is 3.56. The van der Waals surface area contributed by atoms with Gasteiger partial charge < -0.3 is 25.2 Å². The molecular formula is C19H30N2O5. The molecule has 0 fully saturated rings. The van der Waals surface area contributed by atoms with Crippen LogP contribution >= 0.6 is 0 Å². The molecule has 3 N–H and O–H groups in total. The molecule has 0 heterocycles. The lowest BCUT2D eigenvalue weighted by molar-refractivity contribution is -0.140. The molecule has 146 valence electrons. The lowest BCUT2D eigenvalue weighted by Gasteiger charge is -2.21. The van der Waals surface area contributed by atoms with Crippen molar-refractivity contribution in [2.24, 2.45) is 5.92 Å². The van der Waals surface area contributed by atoms with Crippen LogP contribution in [0.4, 0.5) is 0 Å². The highest BCUT2D eigenvalue weighted by atomic mass is 16.5. The van der Waals surface area contributed by atoms with Crippen LogP contribution in [0, 0.1) is 5.92 Å². The number of carboxylic acid groups (broad SMARTS) is 1. The van der Waals surface area contributed by atoms with Crippen molar-refractivity contribution >= 4 is 11.9 Å². The second kappa shape index (κ2) is 9.43. The van der Waals surface area contributed by atoms with Gasteiger partial charge in [0.15, 0.2) is 18.1 Å². The first-order valence-electron chi connectivity index (χ1n) is 8.60. The van der Waals surface area contributed by atoms with Crippen molar-refractivity contribution in [2.45, 2.75) is 52.7 Å². The van der Waals surface area contributed by atoms with E-state index in [1.165, 1.54) is 7.11 Å². The summed E-state index contributed by atoms with van der Waals surface area (Å²) in [5, 5.41) is 15.1. The Kier molecular flexibility index (Phi) is 7.89. The van der Waals surface area contributed by atoms with Gasteiger partial charge >= 0.3 is 5.97 Å². The zero-order valence-corrected chi connectivity index (χ0v) is 16.4. The number of methoxy groups -OCH3 is 1. The molecular weight excluding hydrogens is 336 g/mol. The molecule has 1 aromatic rings. The van der Waals surface area contributed by atoms with E-state index in [9.17, 15) is 14.7 Å². The topological polar surface area (TPSA) is 96.9 Å². The fourth-order valence-electron chi connectivity index (χ4n) is 2.37. The number of rotatable bonds is 9. The minimum atomic E-state index is -0.878. The van der Waals surface area contributed by atoms with Gasteiger partial charge in [-0.1, -0.05) is 19.9 Å². The molecule has 7 nitrogen and oxygen atoms in total. The van der Waals surface area contributed by atoms with Crippen molar-refractivity contribution in [3.8, 4) is 11.5 Å². The zero-order chi connectivity index (χ0) is 19.9. The first kappa shape index (κ1) is 21.8. The Balaban J connectivity index is 2.72. The Morgan fingerprint density at radius 2 is 1.85 bits per heavy atom. The number of nitrogens with one attached hydrogen (secondary N) is 2. The van der Waals surface area contributed by atoms with Crippen molar-refractivity contribution in [3.05, 3.63) is 23.8 Å². The molecule has 0 aliphatic heterocycles. The minimum Gasteiger partial charge on any atom is -0.493 e. The van der Waals surface area contributed by atoms with Crippen LogP contribution in [0.2, 0.25) is 0 Å². The zero-order valence-electron chi connectivity index (χ0n) is 16.4. The minimum absolute atomic E-state index is 0.0293. The monoisotopic (exact) mass is 366 g/mol. The van der Waals surface area contributed by atoms with Gasteiger partial charge in [0, 0.05) is 12.1 Å². The Labute approximate surface area is 155 Å². The number of benzene rings is 1. The average molecular weight is 366 g/mol. The number of hydrogen-bond donors (Lipinski definition) is 3. The standard InChI is InChI=1S/C19H30N2O5/c1-12(2)17(18(23)24)20-10-13-7-8-14(15(9-13)25-6)26-11-16(22)21-19(3,4)5/h7-9,12,17,20H,10-11H2,1-6H3,(H,21,22)(H,23,24). The quantitative estimate of drug-likeness (QED) is 0.620. The van der Waals surface area contributed by atoms with Crippen molar-refractivity contribution in [3.63, 3.8) is 0 Å². The first-order valence-corrected chi connectivity index (χ1v) is 8.60. The van der Waals surface area contributed by atoms with Gasteiger partial charge in [-0.2, -0.15) is 0 Å². The first-order chi connectivity index (χ1) is 12.0. The number of carboxylic acids is 1. The summed E-state index contributed by atoms with van der Waals surface area (Å²) in [5.74, 6) is -0.176. The molecule has 0 bridgehead atoms. The summed E-state index contributed by atoms with van der Waals surface area (Å²) in [7, 11) is 1.52. The van der Waals surface area contributed by atoms with Crippen LogP contribution in [0.1, 0.15) is 40.2 Å². The second-order valence-corrected chi connectivity index (χ2v) is 7.51. The maximum absolute atomic E-state index is 11.9. The van der Waals surface area contributed by atoms with E-state index in [-0.39, 0.29) is 24.0 Å². The Morgan fingerprint density at radius 3 is 2.35 bits per heavy atom. The molecule has 0 saturated heterocycles. The normalized spacial score (nSPS) is 12.6. The van der Waals surface area contributed by atoms with E-state index in [2.05, 4.69) is 10.6 Å². The summed E-state index contributed by atoms with van der Waals surface area (Å²) in [4.78, 5) is 23.1. The maximum Gasteiger partial charge on any atom is 0.320 e. The van der Waals surface area contributed by atoms with E-state index in [4.69, 9.17) is 9.47 Å². The molecule has 1 atom stereocenters. The molecule has 0 saturated carbocycles. The summed E-state index contributed by atoms with van der Waals surface area (Å²) in [6.07, 6.45) is 0. The van der Waals surface area contributed by atoms with Crippen LogP contribution in [0.25, 0.3) is 0 Å². The smallest absolute Gasteiger partial charge is 0.320 e. The fraction of sp³-hybridized carbons (Fsp3) is 0.579. The predicted octanol–water partition coefficient (Wildman–Crippen LogP) is 2.19. The molecule has 0 aromatic heterocycles. The van der Waals surface area contributed by atoms with Gasteiger partial charge in [0.1, 0.15) is 6.04 Å². The third-order valence-corrected chi connectivity index (χ3v) is 3.56. The van der Waals surface area contributed by atoms with Crippen molar-refractivity contribution in [1.82, 2.24) is 10.6 Å². The van der Waals surface area contributed by atoms with E-state index in [0.717, 1.165) is 5.56 Å². The second-order valence-electron chi connectivity index (χ2n) is 7.51. The largest absolute Gasteiger partial charge is 0.493 e. The van der Waals surface area contributed by atoms with Crippen LogP contribution in [-0.4, -0.2) is 42.3 Å². The molecule has 1 aromatic carbocycles. The Hall–Kier alpha value is -2.28. The summed E-state index contributed by atoms with van der Waals surface area (Å²) >= 11 is 0. The van der Waals surface area contributed by atoms with Gasteiger partial charge in [0.25, 0.3) is 5.91 Å². The number of ether oxygens (including phenoxy) is 2. The summed E-state index contributed by atoms with van der Waals surface area (Å²) in [6.45, 7) is 9.67. The molecule has 1 amide bonds.